The Hall–Kier alpha value is -2.53. The van der Waals surface area contributed by atoms with Gasteiger partial charge in [0.25, 0.3) is 5.91 Å². The van der Waals surface area contributed by atoms with Gasteiger partial charge >= 0.3 is 0 Å². The maximum Gasteiger partial charge on any atom is 0.272 e. The van der Waals surface area contributed by atoms with Gasteiger partial charge in [-0.25, -0.2) is 4.98 Å². The van der Waals surface area contributed by atoms with Crippen LogP contribution in [0.5, 0.6) is 5.88 Å². The number of carbonyl (C=O) groups excluding carboxylic acids is 1. The summed E-state index contributed by atoms with van der Waals surface area (Å²) >= 11 is 1.02. The highest BCUT2D eigenvalue weighted by atomic mass is 32.1. The molecule has 0 saturated heterocycles. The maximum atomic E-state index is 11.9. The normalized spacial score (nSPS) is 20.5. The Morgan fingerprint density at radius 2 is 2.22 bits per heavy atom. The van der Waals surface area contributed by atoms with E-state index in [1.54, 1.807) is 18.3 Å². The van der Waals surface area contributed by atoms with Gasteiger partial charge in [-0.2, -0.15) is 14.0 Å². The zero-order chi connectivity index (χ0) is 16.1. The van der Waals surface area contributed by atoms with Gasteiger partial charge in [0.05, 0.1) is 17.9 Å². The van der Waals surface area contributed by atoms with Gasteiger partial charge in [0.2, 0.25) is 5.88 Å². The molecule has 0 unspecified atom stereocenters. The van der Waals surface area contributed by atoms with Gasteiger partial charge in [0, 0.05) is 12.2 Å². The van der Waals surface area contributed by atoms with Crippen molar-refractivity contribution in [2.45, 2.75) is 37.8 Å². The second-order valence-corrected chi connectivity index (χ2v) is 5.88. The van der Waals surface area contributed by atoms with E-state index in [0.717, 1.165) is 37.4 Å². The van der Waals surface area contributed by atoms with Crippen LogP contribution in [0.25, 0.3) is 0 Å². The van der Waals surface area contributed by atoms with Crippen LogP contribution in [-0.2, 0) is 0 Å². The highest BCUT2D eigenvalue weighted by Crippen LogP contribution is 2.24. The van der Waals surface area contributed by atoms with Gasteiger partial charge in [-0.3, -0.25) is 4.79 Å². The molecule has 1 aliphatic carbocycles. The SMILES string of the molecule is N#Cc1cccnc1OC1CCC(NC(=O)c2cnsn2)CC1. The molecular weight excluding hydrogens is 314 g/mol. The zero-order valence-corrected chi connectivity index (χ0v) is 13.1. The molecule has 2 aromatic heterocycles. The number of nitrogens with zero attached hydrogens (tertiary/aromatic N) is 4. The van der Waals surface area contributed by atoms with E-state index in [0.29, 0.717) is 17.1 Å². The van der Waals surface area contributed by atoms with Gasteiger partial charge in [-0.05, 0) is 37.8 Å². The lowest BCUT2D eigenvalue weighted by atomic mass is 9.93. The van der Waals surface area contributed by atoms with Crippen molar-refractivity contribution in [3.05, 3.63) is 35.8 Å². The van der Waals surface area contributed by atoms with Crippen molar-refractivity contribution in [2.75, 3.05) is 0 Å². The lowest BCUT2D eigenvalue weighted by Crippen LogP contribution is -2.39. The summed E-state index contributed by atoms with van der Waals surface area (Å²) in [6.07, 6.45) is 6.36. The fourth-order valence-corrected chi connectivity index (χ4v) is 2.99. The van der Waals surface area contributed by atoms with Crippen molar-refractivity contribution in [1.29, 1.82) is 5.26 Å². The minimum absolute atomic E-state index is 0.0195. The summed E-state index contributed by atoms with van der Waals surface area (Å²) in [5, 5.41) is 12.0. The maximum absolute atomic E-state index is 11.9. The summed E-state index contributed by atoms with van der Waals surface area (Å²) in [6.45, 7) is 0. The molecule has 0 aliphatic heterocycles. The first-order valence-corrected chi connectivity index (χ1v) is 8.09. The summed E-state index contributed by atoms with van der Waals surface area (Å²) < 4.78 is 13.6. The molecule has 23 heavy (non-hydrogen) atoms. The van der Waals surface area contributed by atoms with Gasteiger partial charge < -0.3 is 10.1 Å². The largest absolute Gasteiger partial charge is 0.473 e. The number of nitrogens with one attached hydrogen (secondary N) is 1. The third kappa shape index (κ3) is 3.81. The Kier molecular flexibility index (Phi) is 4.78. The van der Waals surface area contributed by atoms with E-state index in [2.05, 4.69) is 25.1 Å². The number of hydrogen-bond donors (Lipinski definition) is 1. The number of aromatic nitrogens is 3. The van der Waals surface area contributed by atoms with Crippen LogP contribution in [0.15, 0.2) is 24.5 Å². The fraction of sp³-hybridized carbons (Fsp3) is 0.400. The second kappa shape index (κ2) is 7.15. The molecule has 118 valence electrons. The molecule has 0 atom stereocenters. The lowest BCUT2D eigenvalue weighted by Gasteiger charge is -2.29. The molecule has 1 fully saturated rings. The average molecular weight is 329 g/mol. The zero-order valence-electron chi connectivity index (χ0n) is 12.3. The second-order valence-electron chi connectivity index (χ2n) is 5.33. The number of ether oxygens (including phenoxy) is 1. The first-order chi connectivity index (χ1) is 11.3. The molecule has 1 saturated carbocycles. The first-order valence-electron chi connectivity index (χ1n) is 7.36. The van der Waals surface area contributed by atoms with E-state index in [1.165, 1.54) is 6.20 Å². The van der Waals surface area contributed by atoms with Crippen molar-refractivity contribution < 1.29 is 9.53 Å². The van der Waals surface area contributed by atoms with E-state index in [1.807, 2.05) is 0 Å². The summed E-state index contributed by atoms with van der Waals surface area (Å²) in [5.41, 5.74) is 0.805. The summed E-state index contributed by atoms with van der Waals surface area (Å²) in [4.78, 5) is 16.1. The molecule has 0 aromatic carbocycles. The predicted molar refractivity (Wildman–Crippen MR) is 83.0 cm³/mol. The van der Waals surface area contributed by atoms with Gasteiger partial charge in [0.15, 0.2) is 5.69 Å². The Balaban J connectivity index is 1.51. The summed E-state index contributed by atoms with van der Waals surface area (Å²) in [6, 6.07) is 5.60. The van der Waals surface area contributed by atoms with E-state index in [-0.39, 0.29) is 18.1 Å². The smallest absolute Gasteiger partial charge is 0.272 e. The van der Waals surface area contributed by atoms with Crippen molar-refractivity contribution in [3.63, 3.8) is 0 Å². The van der Waals surface area contributed by atoms with Crippen molar-refractivity contribution in [2.24, 2.45) is 0 Å². The Morgan fingerprint density at radius 1 is 1.39 bits per heavy atom. The van der Waals surface area contributed by atoms with Crippen LogP contribution in [0.1, 0.15) is 41.7 Å². The Labute approximate surface area is 137 Å². The molecule has 1 aliphatic rings. The molecule has 2 heterocycles. The topological polar surface area (TPSA) is 101 Å². The van der Waals surface area contributed by atoms with Crippen LogP contribution in [0.2, 0.25) is 0 Å². The molecule has 1 N–H and O–H groups in total. The van der Waals surface area contributed by atoms with Crippen LogP contribution in [0.4, 0.5) is 0 Å². The standard InChI is InChI=1S/C15H15N5O2S/c16-8-10-2-1-7-17-15(10)22-12-5-3-11(4-6-12)19-14(21)13-9-18-23-20-13/h1-2,7,9,11-12H,3-6H2,(H,19,21). The molecular formula is C15H15N5O2S. The molecule has 1 amide bonds. The quantitative estimate of drug-likeness (QED) is 0.919. The van der Waals surface area contributed by atoms with Crippen molar-refractivity contribution in [1.82, 2.24) is 19.0 Å². The minimum atomic E-state index is -0.181. The lowest BCUT2D eigenvalue weighted by molar-refractivity contribution is 0.0886. The van der Waals surface area contributed by atoms with Crippen molar-refractivity contribution >= 4 is 17.6 Å². The van der Waals surface area contributed by atoms with Crippen LogP contribution < -0.4 is 10.1 Å². The summed E-state index contributed by atoms with van der Waals surface area (Å²) in [5.74, 6) is 0.204. The highest BCUT2D eigenvalue weighted by Gasteiger charge is 2.25. The Bertz CT molecular complexity index is 705. The van der Waals surface area contributed by atoms with Crippen LogP contribution in [-0.4, -0.2) is 31.8 Å². The molecule has 2 aromatic rings. The molecule has 8 heteroatoms. The monoisotopic (exact) mass is 329 g/mol. The fourth-order valence-electron chi connectivity index (χ4n) is 2.58. The number of hydrogen-bond acceptors (Lipinski definition) is 7. The van der Waals surface area contributed by atoms with E-state index < -0.39 is 0 Å². The number of rotatable bonds is 4. The van der Waals surface area contributed by atoms with Gasteiger partial charge in [-0.1, -0.05) is 0 Å². The van der Waals surface area contributed by atoms with E-state index in [9.17, 15) is 4.79 Å². The molecule has 3 rings (SSSR count). The molecule has 0 bridgehead atoms. The number of carbonyl (C=O) groups is 1. The number of pyridine rings is 1. The van der Waals surface area contributed by atoms with E-state index in [4.69, 9.17) is 10.00 Å². The van der Waals surface area contributed by atoms with Crippen molar-refractivity contribution in [3.8, 4) is 11.9 Å². The predicted octanol–water partition coefficient (Wildman–Crippen LogP) is 1.92. The molecule has 0 radical (unpaired) electrons. The Morgan fingerprint density at radius 3 is 2.91 bits per heavy atom. The highest BCUT2D eigenvalue weighted by molar-refractivity contribution is 6.99. The molecule has 0 spiro atoms. The van der Waals surface area contributed by atoms with Gasteiger partial charge in [0.1, 0.15) is 17.7 Å². The third-order valence-electron chi connectivity index (χ3n) is 3.77. The summed E-state index contributed by atoms with van der Waals surface area (Å²) in [7, 11) is 0. The minimum Gasteiger partial charge on any atom is -0.473 e. The van der Waals surface area contributed by atoms with Crippen LogP contribution in [0.3, 0.4) is 0 Å². The average Bonchev–Trinajstić information content (AvgIpc) is 3.12. The molecule has 7 nitrogen and oxygen atoms in total. The van der Waals surface area contributed by atoms with E-state index >= 15 is 0 Å². The van der Waals surface area contributed by atoms with Crippen LogP contribution in [0, 0.1) is 11.3 Å². The number of amides is 1. The van der Waals surface area contributed by atoms with Gasteiger partial charge in [-0.15, -0.1) is 0 Å². The van der Waals surface area contributed by atoms with Crippen LogP contribution >= 0.6 is 11.7 Å². The first kappa shape index (κ1) is 15.4. The third-order valence-corrected chi connectivity index (χ3v) is 4.25. The number of nitriles is 1.